The molecular weight excluding hydrogens is 445 g/mol. The predicted molar refractivity (Wildman–Crippen MR) is 126 cm³/mol. The first kappa shape index (κ1) is 25.4. The number of aryl methyl sites for hydroxylation is 1. The van der Waals surface area contributed by atoms with E-state index >= 15 is 0 Å². The summed E-state index contributed by atoms with van der Waals surface area (Å²) < 4.78 is 58.0. The summed E-state index contributed by atoms with van der Waals surface area (Å²) in [5.74, 6) is 0.113. The first-order chi connectivity index (χ1) is 16.2. The number of alkyl halides is 3. The van der Waals surface area contributed by atoms with Gasteiger partial charge in [0.25, 0.3) is 0 Å². The van der Waals surface area contributed by atoms with E-state index in [4.69, 9.17) is 13.9 Å². The largest absolute Gasteiger partial charge is 0.493 e. The number of furan rings is 1. The maximum atomic E-state index is 13.8. The lowest BCUT2D eigenvalue weighted by atomic mass is 9.98. The first-order valence-electron chi connectivity index (χ1n) is 11.4. The van der Waals surface area contributed by atoms with E-state index in [1.807, 2.05) is 6.92 Å². The van der Waals surface area contributed by atoms with Gasteiger partial charge in [0.1, 0.15) is 17.1 Å². The highest BCUT2D eigenvalue weighted by atomic mass is 19.4. The molecule has 0 aliphatic heterocycles. The summed E-state index contributed by atoms with van der Waals surface area (Å²) in [6, 6.07) is 11.2. The minimum Gasteiger partial charge on any atom is -0.493 e. The van der Waals surface area contributed by atoms with Gasteiger partial charge >= 0.3 is 12.1 Å². The van der Waals surface area contributed by atoms with Crippen LogP contribution in [-0.2, 0) is 22.1 Å². The van der Waals surface area contributed by atoms with Crippen molar-refractivity contribution >= 4 is 16.9 Å². The van der Waals surface area contributed by atoms with Crippen LogP contribution in [0.15, 0.2) is 59.5 Å². The van der Waals surface area contributed by atoms with E-state index in [0.717, 1.165) is 25.3 Å². The van der Waals surface area contributed by atoms with Crippen molar-refractivity contribution in [2.45, 2.75) is 45.7 Å². The molecule has 0 aliphatic carbocycles. The summed E-state index contributed by atoms with van der Waals surface area (Å²) in [5.41, 5.74) is 0.422. The Labute approximate surface area is 197 Å². The highest BCUT2D eigenvalue weighted by Gasteiger charge is 2.34. The third-order valence-electron chi connectivity index (χ3n) is 5.43. The fourth-order valence-electron chi connectivity index (χ4n) is 3.58. The zero-order chi connectivity index (χ0) is 24.7. The van der Waals surface area contributed by atoms with Gasteiger partial charge in [-0.1, -0.05) is 45.4 Å². The number of rotatable bonds is 11. The number of carbonyl (C=O) groups excluding carboxylic acids is 1. The molecule has 0 amide bonds. The predicted octanol–water partition coefficient (Wildman–Crippen LogP) is 7.60. The molecule has 0 aliphatic rings. The van der Waals surface area contributed by atoms with Crippen LogP contribution in [0.3, 0.4) is 0 Å². The molecule has 1 aromatic heterocycles. The number of unbranched alkanes of at least 4 members (excludes halogenated alkanes) is 2. The smallest absolute Gasteiger partial charge is 0.417 e. The number of benzene rings is 2. The van der Waals surface area contributed by atoms with Crippen molar-refractivity contribution in [2.75, 3.05) is 13.2 Å². The Morgan fingerprint density at radius 1 is 1.12 bits per heavy atom. The van der Waals surface area contributed by atoms with Crippen LogP contribution in [0, 0.1) is 5.92 Å². The molecule has 2 aromatic carbocycles. The molecule has 0 radical (unpaired) electrons. The number of ether oxygens (including phenoxy) is 2. The van der Waals surface area contributed by atoms with E-state index < -0.39 is 17.7 Å². The first-order valence-corrected chi connectivity index (χ1v) is 11.4. The molecule has 1 atom stereocenters. The van der Waals surface area contributed by atoms with Gasteiger partial charge in [0, 0.05) is 29.0 Å². The lowest BCUT2D eigenvalue weighted by Gasteiger charge is -2.13. The van der Waals surface area contributed by atoms with E-state index in [1.54, 1.807) is 30.3 Å². The third-order valence-corrected chi connectivity index (χ3v) is 5.43. The number of esters is 1. The molecule has 0 bridgehead atoms. The zero-order valence-corrected chi connectivity index (χ0v) is 19.4. The normalized spacial score (nSPS) is 12.5. The average molecular weight is 475 g/mol. The van der Waals surface area contributed by atoms with Crippen LogP contribution in [0.1, 0.15) is 44.2 Å². The van der Waals surface area contributed by atoms with Crippen LogP contribution in [-0.4, -0.2) is 19.2 Å². The quantitative estimate of drug-likeness (QED) is 0.163. The lowest BCUT2D eigenvalue weighted by Crippen LogP contribution is -2.16. The van der Waals surface area contributed by atoms with Crippen LogP contribution in [0.5, 0.6) is 5.75 Å². The Bertz CT molecular complexity index is 1130. The summed E-state index contributed by atoms with van der Waals surface area (Å²) >= 11 is 0. The molecule has 0 saturated carbocycles. The van der Waals surface area contributed by atoms with Crippen LogP contribution in [0.4, 0.5) is 13.2 Å². The molecule has 4 nitrogen and oxygen atoms in total. The highest BCUT2D eigenvalue weighted by Crippen LogP contribution is 2.40. The summed E-state index contributed by atoms with van der Waals surface area (Å²) in [4.78, 5) is 11.2. The van der Waals surface area contributed by atoms with Crippen molar-refractivity contribution in [3.05, 3.63) is 66.2 Å². The van der Waals surface area contributed by atoms with Gasteiger partial charge in [-0.3, -0.25) is 0 Å². The molecule has 1 unspecified atom stereocenters. The number of hydrogen-bond donors (Lipinski definition) is 0. The molecule has 34 heavy (non-hydrogen) atoms. The van der Waals surface area contributed by atoms with E-state index in [2.05, 4.69) is 13.5 Å². The molecule has 182 valence electrons. The molecule has 3 aromatic rings. The summed E-state index contributed by atoms with van der Waals surface area (Å²) in [6.45, 7) is 7.75. The molecule has 3 rings (SSSR count). The Hall–Kier alpha value is -3.22. The minimum absolute atomic E-state index is 0.0167. The molecular formula is C27H29F3O4. The molecule has 0 saturated heterocycles. The number of hydrogen-bond acceptors (Lipinski definition) is 4. The second-order valence-corrected chi connectivity index (χ2v) is 8.40. The van der Waals surface area contributed by atoms with Crippen LogP contribution in [0.25, 0.3) is 22.3 Å². The Morgan fingerprint density at radius 3 is 2.62 bits per heavy atom. The van der Waals surface area contributed by atoms with Crippen LogP contribution >= 0.6 is 0 Å². The van der Waals surface area contributed by atoms with Crippen molar-refractivity contribution in [3.8, 4) is 17.1 Å². The van der Waals surface area contributed by atoms with Gasteiger partial charge in [-0.05, 0) is 42.7 Å². The van der Waals surface area contributed by atoms with E-state index in [1.165, 1.54) is 12.1 Å². The fourth-order valence-corrected chi connectivity index (χ4v) is 3.58. The zero-order valence-electron chi connectivity index (χ0n) is 19.4. The molecule has 0 N–H and O–H groups in total. The highest BCUT2D eigenvalue weighted by molar-refractivity contribution is 5.84. The molecule has 0 fully saturated rings. The van der Waals surface area contributed by atoms with Crippen molar-refractivity contribution in [1.82, 2.24) is 0 Å². The third kappa shape index (κ3) is 6.65. The van der Waals surface area contributed by atoms with Gasteiger partial charge < -0.3 is 13.9 Å². The molecule has 0 spiro atoms. The standard InChI is InChI=1S/C27H29F3O4/c1-4-6-7-8-19-9-12-22(23(13-19)27(28,29)30)25-14-20-10-11-21(15-24(20)34-25)32-16-18(3)17-33-26(31)5-2/h5,9-15,18H,2,4,6-8,16-17H2,1,3H3. The molecule has 1 heterocycles. The van der Waals surface area contributed by atoms with Gasteiger partial charge in [0.2, 0.25) is 0 Å². The Balaban J connectivity index is 1.79. The molecule has 7 heteroatoms. The topological polar surface area (TPSA) is 48.7 Å². The second-order valence-electron chi connectivity index (χ2n) is 8.40. The maximum absolute atomic E-state index is 13.8. The summed E-state index contributed by atoms with van der Waals surface area (Å²) in [7, 11) is 0. The number of halogens is 3. The van der Waals surface area contributed by atoms with Gasteiger partial charge in [-0.2, -0.15) is 13.2 Å². The summed E-state index contributed by atoms with van der Waals surface area (Å²) in [6.07, 6.45) is 0.0697. The second kappa shape index (κ2) is 11.3. The Kier molecular flexibility index (Phi) is 8.42. The van der Waals surface area contributed by atoms with Crippen molar-refractivity contribution in [1.29, 1.82) is 0 Å². The number of fused-ring (bicyclic) bond motifs is 1. The Morgan fingerprint density at radius 2 is 1.91 bits per heavy atom. The van der Waals surface area contributed by atoms with Gasteiger partial charge in [-0.15, -0.1) is 0 Å². The average Bonchev–Trinajstić information content (AvgIpc) is 3.24. The maximum Gasteiger partial charge on any atom is 0.417 e. The monoisotopic (exact) mass is 474 g/mol. The fraction of sp³-hybridized carbons (Fsp3) is 0.370. The van der Waals surface area contributed by atoms with Crippen molar-refractivity contribution in [3.63, 3.8) is 0 Å². The van der Waals surface area contributed by atoms with Crippen molar-refractivity contribution < 1.29 is 31.9 Å². The van der Waals surface area contributed by atoms with E-state index in [0.29, 0.717) is 35.3 Å². The minimum atomic E-state index is -4.49. The van der Waals surface area contributed by atoms with Crippen LogP contribution in [0.2, 0.25) is 0 Å². The van der Waals surface area contributed by atoms with Gasteiger partial charge in [-0.25, -0.2) is 4.79 Å². The van der Waals surface area contributed by atoms with Gasteiger partial charge in [0.15, 0.2) is 0 Å². The van der Waals surface area contributed by atoms with E-state index in [9.17, 15) is 18.0 Å². The van der Waals surface area contributed by atoms with E-state index in [-0.39, 0.29) is 23.8 Å². The van der Waals surface area contributed by atoms with Crippen molar-refractivity contribution in [2.24, 2.45) is 5.92 Å². The van der Waals surface area contributed by atoms with Crippen LogP contribution < -0.4 is 4.74 Å². The lowest BCUT2D eigenvalue weighted by molar-refractivity contribution is -0.139. The van der Waals surface area contributed by atoms with Gasteiger partial charge in [0.05, 0.1) is 18.8 Å². The SMILES string of the molecule is C=CC(=O)OCC(C)COc1ccc2cc(-c3ccc(CCCCC)cc3C(F)(F)F)oc2c1. The summed E-state index contributed by atoms with van der Waals surface area (Å²) in [5, 5.41) is 0.676. The number of carbonyl (C=O) groups is 1.